The van der Waals surface area contributed by atoms with Gasteiger partial charge in [-0.05, 0) is 54.3 Å². The smallest absolute Gasteiger partial charge is 0.246 e. The summed E-state index contributed by atoms with van der Waals surface area (Å²) >= 11 is 0. The number of nitrogens with one attached hydrogen (secondary N) is 1. The number of fused-ring (bicyclic) bond motifs is 1. The molecule has 27 heavy (non-hydrogen) atoms. The van der Waals surface area contributed by atoms with Crippen molar-refractivity contribution < 1.29 is 14.3 Å². The van der Waals surface area contributed by atoms with Gasteiger partial charge in [-0.2, -0.15) is 0 Å². The third kappa shape index (κ3) is 4.56. The zero-order valence-electron chi connectivity index (χ0n) is 15.9. The van der Waals surface area contributed by atoms with Gasteiger partial charge in [0.25, 0.3) is 0 Å². The van der Waals surface area contributed by atoms with Crippen LogP contribution in [0.25, 0.3) is 6.08 Å². The van der Waals surface area contributed by atoms with Crippen molar-refractivity contribution in [3.8, 4) is 5.75 Å². The van der Waals surface area contributed by atoms with Gasteiger partial charge in [0.15, 0.2) is 0 Å². The normalized spacial score (nSPS) is 12.6. The van der Waals surface area contributed by atoms with Gasteiger partial charge in [-0.1, -0.05) is 24.3 Å². The lowest BCUT2D eigenvalue weighted by Crippen LogP contribution is -2.34. The van der Waals surface area contributed by atoms with Crippen molar-refractivity contribution in [3.05, 3.63) is 64.7 Å². The predicted molar refractivity (Wildman–Crippen MR) is 107 cm³/mol. The molecule has 0 atom stereocenters. The summed E-state index contributed by atoms with van der Waals surface area (Å²) < 4.78 is 5.48. The van der Waals surface area contributed by atoms with Crippen molar-refractivity contribution >= 4 is 23.6 Å². The minimum Gasteiger partial charge on any atom is -0.493 e. The molecule has 0 radical (unpaired) electrons. The molecule has 3 rings (SSSR count). The number of hydrogen-bond donors (Lipinski definition) is 1. The Bertz CT molecular complexity index is 882. The van der Waals surface area contributed by atoms with E-state index < -0.39 is 0 Å². The molecule has 140 valence electrons. The summed E-state index contributed by atoms with van der Waals surface area (Å²) in [6.07, 6.45) is 4.15. The molecule has 0 unspecified atom stereocenters. The fourth-order valence-corrected chi connectivity index (χ4v) is 3.09. The molecule has 1 aliphatic heterocycles. The molecule has 5 heteroatoms. The van der Waals surface area contributed by atoms with E-state index >= 15 is 0 Å². The van der Waals surface area contributed by atoms with E-state index in [1.807, 2.05) is 50.2 Å². The lowest BCUT2D eigenvalue weighted by molar-refractivity contribution is -0.129. The summed E-state index contributed by atoms with van der Waals surface area (Å²) in [6.45, 7) is 4.60. The molecule has 2 aromatic carbocycles. The Labute approximate surface area is 159 Å². The van der Waals surface area contributed by atoms with E-state index in [1.54, 1.807) is 13.1 Å². The van der Waals surface area contributed by atoms with Crippen LogP contribution >= 0.6 is 0 Å². The van der Waals surface area contributed by atoms with Crippen molar-refractivity contribution in [1.82, 2.24) is 4.90 Å². The minimum atomic E-state index is -0.219. The summed E-state index contributed by atoms with van der Waals surface area (Å²) in [5.41, 5.74) is 4.90. The van der Waals surface area contributed by atoms with Crippen LogP contribution in [-0.2, 0) is 16.0 Å². The zero-order chi connectivity index (χ0) is 19.4. The van der Waals surface area contributed by atoms with Gasteiger partial charge in [-0.15, -0.1) is 0 Å². The van der Waals surface area contributed by atoms with Gasteiger partial charge in [0, 0.05) is 25.2 Å². The van der Waals surface area contributed by atoms with Crippen LogP contribution in [0.15, 0.2) is 42.5 Å². The second-order valence-electron chi connectivity index (χ2n) is 6.81. The second kappa shape index (κ2) is 8.08. The van der Waals surface area contributed by atoms with E-state index in [9.17, 15) is 9.59 Å². The lowest BCUT2D eigenvalue weighted by atomic mass is 10.1. The van der Waals surface area contributed by atoms with E-state index in [0.717, 1.165) is 40.1 Å². The fourth-order valence-electron chi connectivity index (χ4n) is 3.09. The molecule has 0 bridgehead atoms. The quantitative estimate of drug-likeness (QED) is 0.828. The van der Waals surface area contributed by atoms with Crippen molar-refractivity contribution in [2.45, 2.75) is 20.3 Å². The highest BCUT2D eigenvalue weighted by atomic mass is 16.5. The van der Waals surface area contributed by atoms with Gasteiger partial charge in [-0.25, -0.2) is 0 Å². The summed E-state index contributed by atoms with van der Waals surface area (Å²) in [5.74, 6) is 0.480. The highest BCUT2D eigenvalue weighted by Crippen LogP contribution is 2.26. The first-order chi connectivity index (χ1) is 12.9. The number of likely N-dealkylation sites (N-methyl/N-ethyl adjacent to an activating group) is 1. The van der Waals surface area contributed by atoms with Crippen molar-refractivity contribution in [2.24, 2.45) is 0 Å². The maximum Gasteiger partial charge on any atom is 0.246 e. The molecular formula is C22H24N2O3. The van der Waals surface area contributed by atoms with E-state index in [4.69, 9.17) is 4.74 Å². The third-order valence-electron chi connectivity index (χ3n) is 4.63. The monoisotopic (exact) mass is 364 g/mol. The van der Waals surface area contributed by atoms with Gasteiger partial charge >= 0.3 is 0 Å². The molecule has 1 heterocycles. The number of anilines is 1. The molecule has 0 spiro atoms. The average Bonchev–Trinajstić information content (AvgIpc) is 3.10. The zero-order valence-corrected chi connectivity index (χ0v) is 15.9. The maximum absolute atomic E-state index is 12.3. The van der Waals surface area contributed by atoms with Gasteiger partial charge in [-0.3, -0.25) is 9.59 Å². The number of benzene rings is 2. The van der Waals surface area contributed by atoms with Crippen LogP contribution in [0.2, 0.25) is 0 Å². The van der Waals surface area contributed by atoms with Crippen LogP contribution in [0.1, 0.15) is 22.3 Å². The summed E-state index contributed by atoms with van der Waals surface area (Å²) in [5, 5.41) is 2.90. The van der Waals surface area contributed by atoms with Gasteiger partial charge in [0.1, 0.15) is 5.75 Å². The van der Waals surface area contributed by atoms with Gasteiger partial charge in [0.05, 0.1) is 13.2 Å². The SMILES string of the molecule is Cc1cccc(C)c1NC(=O)CN(C)C(=O)/C=C/c1ccc2c(c1)CCO2. The largest absolute Gasteiger partial charge is 0.493 e. The molecule has 0 saturated carbocycles. The standard InChI is InChI=1S/C22H24N2O3/c1-15-5-4-6-16(2)22(15)23-20(25)14-24(3)21(26)10-8-17-7-9-19-18(13-17)11-12-27-19/h4-10,13H,11-12,14H2,1-3H3,(H,23,25)/b10-8+. The van der Waals surface area contributed by atoms with Gasteiger partial charge in [0.2, 0.25) is 11.8 Å². The minimum absolute atomic E-state index is 0.00498. The first-order valence-corrected chi connectivity index (χ1v) is 8.99. The van der Waals surface area contributed by atoms with Gasteiger partial charge < -0.3 is 15.0 Å². The number of hydrogen-bond acceptors (Lipinski definition) is 3. The fraction of sp³-hybridized carbons (Fsp3) is 0.273. The summed E-state index contributed by atoms with van der Waals surface area (Å²) in [4.78, 5) is 26.0. The van der Waals surface area contributed by atoms with Crippen molar-refractivity contribution in [3.63, 3.8) is 0 Å². The van der Waals surface area contributed by atoms with E-state index in [0.29, 0.717) is 6.61 Å². The van der Waals surface area contributed by atoms with Crippen LogP contribution in [0.4, 0.5) is 5.69 Å². The Balaban J connectivity index is 1.58. The lowest BCUT2D eigenvalue weighted by Gasteiger charge is -2.16. The highest BCUT2D eigenvalue weighted by molar-refractivity contribution is 5.98. The Morgan fingerprint density at radius 3 is 2.67 bits per heavy atom. The van der Waals surface area contributed by atoms with E-state index in [2.05, 4.69) is 5.32 Å². The number of amides is 2. The molecular weight excluding hydrogens is 340 g/mol. The molecule has 5 nitrogen and oxygen atoms in total. The predicted octanol–water partition coefficient (Wildman–Crippen LogP) is 3.35. The Morgan fingerprint density at radius 1 is 1.19 bits per heavy atom. The van der Waals surface area contributed by atoms with E-state index in [-0.39, 0.29) is 18.4 Å². The van der Waals surface area contributed by atoms with Crippen LogP contribution < -0.4 is 10.1 Å². The first kappa shape index (κ1) is 18.7. The molecule has 1 aliphatic rings. The topological polar surface area (TPSA) is 58.6 Å². The number of para-hydroxylation sites is 1. The molecule has 0 fully saturated rings. The molecule has 2 aromatic rings. The van der Waals surface area contributed by atoms with Crippen LogP contribution in [0.5, 0.6) is 5.75 Å². The van der Waals surface area contributed by atoms with Crippen LogP contribution in [0.3, 0.4) is 0 Å². The summed E-state index contributed by atoms with van der Waals surface area (Å²) in [6, 6.07) is 11.7. The highest BCUT2D eigenvalue weighted by Gasteiger charge is 2.14. The number of carbonyl (C=O) groups is 2. The number of ether oxygens (including phenoxy) is 1. The second-order valence-corrected chi connectivity index (χ2v) is 6.81. The molecule has 0 aromatic heterocycles. The Kier molecular flexibility index (Phi) is 5.60. The van der Waals surface area contributed by atoms with Crippen molar-refractivity contribution in [2.75, 3.05) is 25.5 Å². The maximum atomic E-state index is 12.3. The number of aryl methyl sites for hydroxylation is 2. The number of carbonyl (C=O) groups excluding carboxylic acids is 2. The molecule has 0 aliphatic carbocycles. The number of rotatable bonds is 5. The average molecular weight is 364 g/mol. The van der Waals surface area contributed by atoms with Crippen molar-refractivity contribution in [1.29, 1.82) is 0 Å². The third-order valence-corrected chi connectivity index (χ3v) is 4.63. The number of nitrogens with zero attached hydrogens (tertiary/aromatic N) is 1. The van der Waals surface area contributed by atoms with Crippen LogP contribution in [-0.4, -0.2) is 36.9 Å². The molecule has 1 N–H and O–H groups in total. The van der Waals surface area contributed by atoms with Crippen LogP contribution in [0, 0.1) is 13.8 Å². The Hall–Kier alpha value is -3.08. The summed E-state index contributed by atoms with van der Waals surface area (Å²) in [7, 11) is 1.62. The van der Waals surface area contributed by atoms with E-state index in [1.165, 1.54) is 11.0 Å². The first-order valence-electron chi connectivity index (χ1n) is 8.99. The molecule has 2 amide bonds. The molecule has 0 saturated heterocycles. The Morgan fingerprint density at radius 2 is 1.93 bits per heavy atom.